The number of nitrogens with one attached hydrogen (secondary N) is 1. The van der Waals surface area contributed by atoms with Crippen molar-refractivity contribution in [3.8, 4) is 28.2 Å². The largest absolute Gasteiger partial charge is 0.309 e. The van der Waals surface area contributed by atoms with Crippen LogP contribution in [0.5, 0.6) is 0 Å². The molecule has 5 heteroatoms. The van der Waals surface area contributed by atoms with Gasteiger partial charge in [-0.15, -0.1) is 0 Å². The van der Waals surface area contributed by atoms with Gasteiger partial charge in [0.25, 0.3) is 5.91 Å². The summed E-state index contributed by atoms with van der Waals surface area (Å²) in [6.07, 6.45) is 1.94. The highest BCUT2D eigenvalue weighted by Gasteiger charge is 2.24. The van der Waals surface area contributed by atoms with Crippen molar-refractivity contribution in [2.45, 2.75) is 0 Å². The fraction of sp³-hybridized carbons (Fsp3) is 0. The zero-order valence-corrected chi connectivity index (χ0v) is 18.1. The summed E-state index contributed by atoms with van der Waals surface area (Å²) in [4.78, 5) is 13.0. The molecule has 0 spiro atoms. The molecule has 0 atom stereocenters. The van der Waals surface area contributed by atoms with Crippen LogP contribution >= 0.6 is 24.0 Å². The van der Waals surface area contributed by atoms with Crippen LogP contribution in [0.15, 0.2) is 102 Å². The predicted molar refractivity (Wildman–Crippen MR) is 133 cm³/mol. The number of benzene rings is 3. The van der Waals surface area contributed by atoms with Crippen LogP contribution < -0.4 is 5.32 Å². The maximum absolute atomic E-state index is 12.4. The highest BCUT2D eigenvalue weighted by molar-refractivity contribution is 8.26. The number of hydrogen-bond donors (Lipinski definition) is 1. The molecule has 2 heterocycles. The van der Waals surface area contributed by atoms with E-state index in [4.69, 9.17) is 12.2 Å². The normalized spacial score (nSPS) is 14.8. The van der Waals surface area contributed by atoms with Crippen molar-refractivity contribution in [1.82, 2.24) is 9.88 Å². The molecule has 1 aromatic heterocycles. The first-order chi connectivity index (χ1) is 15.2. The predicted octanol–water partition coefficient (Wildman–Crippen LogP) is 6.30. The first-order valence-corrected chi connectivity index (χ1v) is 11.1. The fourth-order valence-electron chi connectivity index (χ4n) is 3.76. The summed E-state index contributed by atoms with van der Waals surface area (Å²) in [5, 5.41) is 2.71. The number of para-hydroxylation sites is 1. The maximum atomic E-state index is 12.4. The number of thioether (sulfide) groups is 1. The van der Waals surface area contributed by atoms with Crippen LogP contribution in [0.4, 0.5) is 0 Å². The van der Waals surface area contributed by atoms with E-state index in [1.807, 2.05) is 60.7 Å². The van der Waals surface area contributed by atoms with E-state index in [-0.39, 0.29) is 5.91 Å². The van der Waals surface area contributed by atoms with Crippen LogP contribution in [0.3, 0.4) is 0 Å². The quantitative estimate of drug-likeness (QED) is 0.300. The van der Waals surface area contributed by atoms with Gasteiger partial charge in [0.15, 0.2) is 0 Å². The molecule has 150 valence electrons. The van der Waals surface area contributed by atoms with E-state index in [2.05, 4.69) is 52.3 Å². The number of aromatic nitrogens is 1. The number of amides is 1. The van der Waals surface area contributed by atoms with Crippen LogP contribution in [-0.4, -0.2) is 14.8 Å². The minimum Gasteiger partial charge on any atom is -0.309 e. The first kappa shape index (κ1) is 19.5. The average molecular weight is 439 g/mol. The van der Waals surface area contributed by atoms with Crippen molar-refractivity contribution in [1.29, 1.82) is 0 Å². The lowest BCUT2D eigenvalue weighted by Gasteiger charge is -2.15. The van der Waals surface area contributed by atoms with Gasteiger partial charge in [-0.25, -0.2) is 0 Å². The van der Waals surface area contributed by atoms with Gasteiger partial charge in [0.2, 0.25) is 0 Å². The SMILES string of the molecule is O=C1NC(=S)S/C1=C/c1cc(-c2ccccc2)n(-c2ccccc2)c1-c1ccccc1. The van der Waals surface area contributed by atoms with Crippen molar-refractivity contribution < 1.29 is 4.79 Å². The summed E-state index contributed by atoms with van der Waals surface area (Å²) in [6, 6.07) is 33.0. The number of thiocarbonyl (C=S) groups is 1. The molecule has 31 heavy (non-hydrogen) atoms. The first-order valence-electron chi connectivity index (χ1n) is 9.87. The summed E-state index contributed by atoms with van der Waals surface area (Å²) >= 11 is 6.49. The van der Waals surface area contributed by atoms with Crippen molar-refractivity contribution in [3.63, 3.8) is 0 Å². The van der Waals surface area contributed by atoms with E-state index >= 15 is 0 Å². The summed E-state index contributed by atoms with van der Waals surface area (Å²) in [5.74, 6) is -0.150. The Morgan fingerprint density at radius 1 is 0.806 bits per heavy atom. The summed E-state index contributed by atoms with van der Waals surface area (Å²) in [6.45, 7) is 0. The molecule has 1 saturated heterocycles. The summed E-state index contributed by atoms with van der Waals surface area (Å²) in [7, 11) is 0. The van der Waals surface area contributed by atoms with Crippen LogP contribution in [0.25, 0.3) is 34.3 Å². The summed E-state index contributed by atoms with van der Waals surface area (Å²) in [5.41, 5.74) is 6.30. The molecular weight excluding hydrogens is 420 g/mol. The monoisotopic (exact) mass is 438 g/mol. The van der Waals surface area contributed by atoms with E-state index in [1.165, 1.54) is 11.8 Å². The van der Waals surface area contributed by atoms with Crippen molar-refractivity contribution in [2.75, 3.05) is 0 Å². The van der Waals surface area contributed by atoms with Gasteiger partial charge in [0, 0.05) is 11.3 Å². The van der Waals surface area contributed by atoms with E-state index in [0.717, 1.165) is 33.8 Å². The highest BCUT2D eigenvalue weighted by atomic mass is 32.2. The molecule has 3 nitrogen and oxygen atoms in total. The van der Waals surface area contributed by atoms with E-state index in [0.29, 0.717) is 9.23 Å². The zero-order chi connectivity index (χ0) is 21.2. The van der Waals surface area contributed by atoms with Crippen molar-refractivity contribution in [3.05, 3.63) is 108 Å². The Bertz CT molecular complexity index is 1290. The Labute approximate surface area is 190 Å². The molecule has 0 saturated carbocycles. The Morgan fingerprint density at radius 2 is 1.39 bits per heavy atom. The minimum absolute atomic E-state index is 0.150. The van der Waals surface area contributed by atoms with Gasteiger partial charge in [0.05, 0.1) is 16.3 Å². The molecule has 0 aliphatic carbocycles. The molecule has 0 radical (unpaired) electrons. The lowest BCUT2D eigenvalue weighted by molar-refractivity contribution is -0.115. The second-order valence-corrected chi connectivity index (χ2v) is 8.81. The molecule has 1 aliphatic rings. The second kappa shape index (κ2) is 8.38. The van der Waals surface area contributed by atoms with Gasteiger partial charge in [-0.3, -0.25) is 4.79 Å². The van der Waals surface area contributed by atoms with Gasteiger partial charge < -0.3 is 9.88 Å². The molecule has 1 N–H and O–H groups in total. The zero-order valence-electron chi connectivity index (χ0n) is 16.5. The summed E-state index contributed by atoms with van der Waals surface area (Å²) < 4.78 is 2.75. The standard InChI is InChI=1S/C26H18N2OS2/c29-25-23(31-26(30)27-25)17-20-16-22(18-10-4-1-5-11-18)28(21-14-8-3-9-15-21)24(20)19-12-6-2-7-13-19/h1-17H,(H,27,29,30)/b23-17+. The van der Waals surface area contributed by atoms with Gasteiger partial charge in [-0.05, 0) is 35.4 Å². The Morgan fingerprint density at radius 3 is 1.97 bits per heavy atom. The van der Waals surface area contributed by atoms with Crippen molar-refractivity contribution in [2.24, 2.45) is 0 Å². The molecule has 5 rings (SSSR count). The third kappa shape index (κ3) is 3.85. The van der Waals surface area contributed by atoms with E-state index < -0.39 is 0 Å². The van der Waals surface area contributed by atoms with Gasteiger partial charge in [0.1, 0.15) is 4.32 Å². The van der Waals surface area contributed by atoms with E-state index in [9.17, 15) is 4.79 Å². The molecule has 1 fully saturated rings. The van der Waals surface area contributed by atoms with E-state index in [1.54, 1.807) is 0 Å². The molecule has 0 bridgehead atoms. The Hall–Kier alpha value is -3.41. The lowest BCUT2D eigenvalue weighted by atomic mass is 10.1. The maximum Gasteiger partial charge on any atom is 0.263 e. The number of hydrogen-bond acceptors (Lipinski definition) is 3. The van der Waals surface area contributed by atoms with Crippen LogP contribution in [0, 0.1) is 0 Å². The number of rotatable bonds is 4. The van der Waals surface area contributed by atoms with Gasteiger partial charge in [-0.1, -0.05) is 103 Å². The molecule has 4 aromatic rings. The molecule has 1 aliphatic heterocycles. The molecular formula is C26H18N2OS2. The average Bonchev–Trinajstić information content (AvgIpc) is 3.35. The number of carbonyl (C=O) groups is 1. The molecule has 0 unspecified atom stereocenters. The smallest absolute Gasteiger partial charge is 0.263 e. The number of carbonyl (C=O) groups excluding carboxylic acids is 1. The highest BCUT2D eigenvalue weighted by Crippen LogP contribution is 2.38. The second-order valence-electron chi connectivity index (χ2n) is 7.09. The van der Waals surface area contributed by atoms with Crippen LogP contribution in [0.1, 0.15) is 5.56 Å². The third-order valence-corrected chi connectivity index (χ3v) is 6.25. The molecule has 1 amide bonds. The lowest BCUT2D eigenvalue weighted by Crippen LogP contribution is -2.17. The molecule has 3 aromatic carbocycles. The van der Waals surface area contributed by atoms with Crippen LogP contribution in [0.2, 0.25) is 0 Å². The Balaban J connectivity index is 1.83. The van der Waals surface area contributed by atoms with Crippen molar-refractivity contribution >= 4 is 40.3 Å². The fourth-order valence-corrected chi connectivity index (χ4v) is 4.80. The topological polar surface area (TPSA) is 34.0 Å². The van der Waals surface area contributed by atoms with Gasteiger partial charge in [-0.2, -0.15) is 0 Å². The Kier molecular flexibility index (Phi) is 5.28. The van der Waals surface area contributed by atoms with Crippen LogP contribution in [-0.2, 0) is 4.79 Å². The third-order valence-electron chi connectivity index (χ3n) is 5.09. The van der Waals surface area contributed by atoms with Gasteiger partial charge >= 0.3 is 0 Å². The number of nitrogens with zero attached hydrogens (tertiary/aromatic N) is 1. The minimum atomic E-state index is -0.150.